The first-order valence-electron chi connectivity index (χ1n) is 4.83. The lowest BCUT2D eigenvalue weighted by atomic mass is 10.2. The summed E-state index contributed by atoms with van der Waals surface area (Å²) in [5, 5.41) is 8.58. The van der Waals surface area contributed by atoms with E-state index in [4.69, 9.17) is 5.26 Å². The van der Waals surface area contributed by atoms with Gasteiger partial charge in [0, 0.05) is 28.2 Å². The van der Waals surface area contributed by atoms with E-state index in [0.717, 1.165) is 18.6 Å². The van der Waals surface area contributed by atoms with Crippen LogP contribution in [0.15, 0.2) is 0 Å². The Morgan fingerprint density at radius 2 is 1.92 bits per heavy atom. The topological polar surface area (TPSA) is 40.9 Å². The van der Waals surface area contributed by atoms with Crippen LogP contribution >= 0.6 is 0 Å². The predicted molar refractivity (Wildman–Crippen MR) is 56.8 cm³/mol. The van der Waals surface area contributed by atoms with Gasteiger partial charge in [-0.1, -0.05) is 20.8 Å². The van der Waals surface area contributed by atoms with E-state index >= 15 is 0 Å². The molecule has 0 fully saturated rings. The van der Waals surface area contributed by atoms with Gasteiger partial charge < -0.3 is 0 Å². The zero-order valence-electron chi connectivity index (χ0n) is 8.75. The van der Waals surface area contributed by atoms with E-state index in [-0.39, 0.29) is 5.25 Å². The van der Waals surface area contributed by atoms with Gasteiger partial charge >= 0.3 is 0 Å². The molecule has 2 nitrogen and oxygen atoms in total. The van der Waals surface area contributed by atoms with E-state index < -0.39 is 10.8 Å². The van der Waals surface area contributed by atoms with Gasteiger partial charge in [-0.2, -0.15) is 5.26 Å². The number of unbranched alkanes of at least 4 members (excludes halogenated alkanes) is 2. The summed E-state index contributed by atoms with van der Waals surface area (Å²) in [6, 6.07) is 2.09. The summed E-state index contributed by atoms with van der Waals surface area (Å²) in [5.41, 5.74) is 0. The molecule has 0 aliphatic rings. The lowest BCUT2D eigenvalue weighted by Gasteiger charge is -2.14. The zero-order chi connectivity index (χ0) is 10.3. The highest BCUT2D eigenvalue weighted by molar-refractivity contribution is 7.85. The van der Waals surface area contributed by atoms with Crippen LogP contribution in [-0.2, 0) is 10.8 Å². The Hall–Kier alpha value is -0.360. The number of nitrogens with zero attached hydrogens (tertiary/aromatic N) is 1. The van der Waals surface area contributed by atoms with Gasteiger partial charge in [0.1, 0.15) is 0 Å². The van der Waals surface area contributed by atoms with Crippen LogP contribution in [-0.4, -0.2) is 15.2 Å². The van der Waals surface area contributed by atoms with E-state index in [1.807, 2.05) is 6.92 Å². The van der Waals surface area contributed by atoms with Crippen molar-refractivity contribution in [2.24, 2.45) is 5.92 Å². The average Bonchev–Trinajstić information content (AvgIpc) is 2.10. The third kappa shape index (κ3) is 5.81. The third-order valence-corrected chi connectivity index (χ3v) is 4.30. The smallest absolute Gasteiger partial charge is 0.0621 e. The second-order valence-electron chi connectivity index (χ2n) is 3.65. The second-order valence-corrected chi connectivity index (χ2v) is 5.56. The van der Waals surface area contributed by atoms with Gasteiger partial charge in [-0.05, 0) is 18.8 Å². The highest BCUT2D eigenvalue weighted by atomic mass is 32.2. The first-order valence-corrected chi connectivity index (χ1v) is 6.22. The van der Waals surface area contributed by atoms with Crippen molar-refractivity contribution in [2.75, 3.05) is 5.75 Å². The molecule has 0 aromatic heterocycles. The molecule has 0 aliphatic carbocycles. The fourth-order valence-corrected chi connectivity index (χ4v) is 2.41. The van der Waals surface area contributed by atoms with Crippen LogP contribution in [0.4, 0.5) is 0 Å². The largest absolute Gasteiger partial charge is 0.259 e. The molecule has 0 aromatic rings. The predicted octanol–water partition coefficient (Wildman–Crippen LogP) is 2.47. The molecule has 0 heterocycles. The van der Waals surface area contributed by atoms with Crippen LogP contribution < -0.4 is 0 Å². The van der Waals surface area contributed by atoms with E-state index in [0.29, 0.717) is 12.3 Å². The lowest BCUT2D eigenvalue weighted by Crippen LogP contribution is -2.19. The summed E-state index contributed by atoms with van der Waals surface area (Å²) in [6.07, 6.45) is 2.39. The fraction of sp³-hybridized carbons (Fsp3) is 0.900. The number of hydrogen-bond acceptors (Lipinski definition) is 2. The minimum absolute atomic E-state index is 0.280. The number of nitriles is 1. The first kappa shape index (κ1) is 12.6. The quantitative estimate of drug-likeness (QED) is 0.619. The Morgan fingerprint density at radius 1 is 1.31 bits per heavy atom. The maximum atomic E-state index is 11.6. The molecule has 0 radical (unpaired) electrons. The summed E-state index contributed by atoms with van der Waals surface area (Å²) >= 11 is 0. The van der Waals surface area contributed by atoms with Crippen molar-refractivity contribution in [2.45, 2.75) is 45.3 Å². The Balaban J connectivity index is 3.57. The van der Waals surface area contributed by atoms with Gasteiger partial charge in [-0.3, -0.25) is 4.21 Å². The average molecular weight is 201 g/mol. The molecule has 0 rings (SSSR count). The molecule has 0 saturated carbocycles. The molecule has 2 unspecified atom stereocenters. The van der Waals surface area contributed by atoms with Gasteiger partial charge in [0.2, 0.25) is 0 Å². The highest BCUT2D eigenvalue weighted by Gasteiger charge is 2.13. The normalized spacial score (nSPS) is 15.3. The van der Waals surface area contributed by atoms with Crippen LogP contribution in [0.25, 0.3) is 0 Å². The van der Waals surface area contributed by atoms with Crippen molar-refractivity contribution in [3.05, 3.63) is 0 Å². The third-order valence-electron chi connectivity index (χ3n) is 2.24. The Labute approximate surface area is 83.8 Å². The molecule has 13 heavy (non-hydrogen) atoms. The second kappa shape index (κ2) is 7.08. The van der Waals surface area contributed by atoms with Crippen molar-refractivity contribution in [3.63, 3.8) is 0 Å². The van der Waals surface area contributed by atoms with Crippen LogP contribution in [0.2, 0.25) is 0 Å². The van der Waals surface area contributed by atoms with E-state index in [1.165, 1.54) is 0 Å². The molecule has 0 aromatic carbocycles. The minimum atomic E-state index is -0.708. The molecule has 76 valence electrons. The van der Waals surface area contributed by atoms with Crippen LogP contribution in [0.1, 0.15) is 40.0 Å². The SMILES string of the molecule is CC(C)C(C)S(=O)CCCCC#N. The molecule has 0 N–H and O–H groups in total. The monoisotopic (exact) mass is 201 g/mol. The van der Waals surface area contributed by atoms with Crippen molar-refractivity contribution in [3.8, 4) is 6.07 Å². The molecule has 2 atom stereocenters. The van der Waals surface area contributed by atoms with Gasteiger partial charge in [0.05, 0.1) is 6.07 Å². The van der Waals surface area contributed by atoms with Crippen LogP contribution in [0.5, 0.6) is 0 Å². The maximum Gasteiger partial charge on any atom is 0.0621 e. The summed E-state index contributed by atoms with van der Waals surface area (Å²) in [6.45, 7) is 6.22. The summed E-state index contributed by atoms with van der Waals surface area (Å²) in [7, 11) is -0.708. The van der Waals surface area contributed by atoms with Gasteiger partial charge in [0.15, 0.2) is 0 Å². The van der Waals surface area contributed by atoms with Gasteiger partial charge in [-0.25, -0.2) is 0 Å². The number of rotatable bonds is 6. The summed E-state index contributed by atoms with van der Waals surface area (Å²) in [5.74, 6) is 1.23. The standard InChI is InChI=1S/C10H19NOS/c1-9(2)10(3)13(12)8-6-4-5-7-11/h9-10H,4-6,8H2,1-3H3. The fourth-order valence-electron chi connectivity index (χ4n) is 0.938. The minimum Gasteiger partial charge on any atom is -0.259 e. The molecule has 0 aliphatic heterocycles. The highest BCUT2D eigenvalue weighted by Crippen LogP contribution is 2.10. The van der Waals surface area contributed by atoms with Crippen molar-refractivity contribution in [1.82, 2.24) is 0 Å². The molecule has 0 bridgehead atoms. The summed E-state index contributed by atoms with van der Waals surface area (Å²) in [4.78, 5) is 0. The van der Waals surface area contributed by atoms with E-state index in [9.17, 15) is 4.21 Å². The van der Waals surface area contributed by atoms with Gasteiger partial charge in [-0.15, -0.1) is 0 Å². The molecular weight excluding hydrogens is 182 g/mol. The Bertz CT molecular complexity index is 196. The number of hydrogen-bond donors (Lipinski definition) is 0. The Kier molecular flexibility index (Phi) is 6.89. The van der Waals surface area contributed by atoms with Crippen molar-refractivity contribution in [1.29, 1.82) is 5.26 Å². The first-order chi connectivity index (χ1) is 6.09. The van der Waals surface area contributed by atoms with E-state index in [1.54, 1.807) is 0 Å². The van der Waals surface area contributed by atoms with Crippen molar-refractivity contribution >= 4 is 10.8 Å². The zero-order valence-corrected chi connectivity index (χ0v) is 9.56. The Morgan fingerprint density at radius 3 is 2.38 bits per heavy atom. The lowest BCUT2D eigenvalue weighted by molar-refractivity contribution is 0.603. The van der Waals surface area contributed by atoms with Crippen LogP contribution in [0, 0.1) is 17.2 Å². The molecular formula is C10H19NOS. The molecule has 0 amide bonds. The molecule has 0 spiro atoms. The van der Waals surface area contributed by atoms with E-state index in [2.05, 4.69) is 19.9 Å². The maximum absolute atomic E-state index is 11.6. The molecule has 3 heteroatoms. The van der Waals surface area contributed by atoms with Crippen LogP contribution in [0.3, 0.4) is 0 Å². The van der Waals surface area contributed by atoms with Crippen molar-refractivity contribution < 1.29 is 4.21 Å². The van der Waals surface area contributed by atoms with Gasteiger partial charge in [0.25, 0.3) is 0 Å². The molecule has 0 saturated heterocycles. The summed E-state index contributed by atoms with van der Waals surface area (Å²) < 4.78 is 11.6.